The molecule has 0 spiro atoms. The van der Waals surface area contributed by atoms with Crippen molar-refractivity contribution < 1.29 is 27.5 Å². The second kappa shape index (κ2) is 9.27. The normalized spacial score (nSPS) is 20.6. The maximum atomic E-state index is 13.5. The topological polar surface area (TPSA) is 105 Å². The Morgan fingerprint density at radius 3 is 2.53 bits per heavy atom. The summed E-state index contributed by atoms with van der Waals surface area (Å²) in [6.45, 7) is 5.59. The fourth-order valence-corrected chi connectivity index (χ4v) is 5.67. The van der Waals surface area contributed by atoms with Gasteiger partial charge in [0.15, 0.2) is 11.5 Å². The van der Waals surface area contributed by atoms with Crippen LogP contribution in [0.4, 0.5) is 5.69 Å². The van der Waals surface area contributed by atoms with E-state index >= 15 is 0 Å². The van der Waals surface area contributed by atoms with Gasteiger partial charge in [0.2, 0.25) is 28.6 Å². The number of anilines is 1. The van der Waals surface area contributed by atoms with Gasteiger partial charge in [-0.25, -0.2) is 8.42 Å². The van der Waals surface area contributed by atoms with Crippen molar-refractivity contribution in [2.24, 2.45) is 5.92 Å². The van der Waals surface area contributed by atoms with E-state index in [0.717, 1.165) is 10.7 Å². The van der Waals surface area contributed by atoms with Gasteiger partial charge in [0.25, 0.3) is 0 Å². The summed E-state index contributed by atoms with van der Waals surface area (Å²) >= 11 is 0. The minimum atomic E-state index is -3.99. The average molecular weight is 488 g/mol. The van der Waals surface area contributed by atoms with Crippen molar-refractivity contribution in [3.8, 4) is 11.5 Å². The van der Waals surface area contributed by atoms with Crippen molar-refractivity contribution in [2.45, 2.75) is 37.6 Å². The molecule has 0 aromatic heterocycles. The van der Waals surface area contributed by atoms with E-state index in [1.165, 1.54) is 17.0 Å². The summed E-state index contributed by atoms with van der Waals surface area (Å²) in [7, 11) is -3.99. The second-order valence-corrected chi connectivity index (χ2v) is 11.0. The summed E-state index contributed by atoms with van der Waals surface area (Å²) in [6, 6.07) is 12.9. The Labute approximate surface area is 199 Å². The number of sulfonamides is 1. The Hall–Kier alpha value is -3.11. The Morgan fingerprint density at radius 1 is 1.12 bits per heavy atom. The highest BCUT2D eigenvalue weighted by Crippen LogP contribution is 2.39. The number of amides is 2. The largest absolute Gasteiger partial charge is 0.454 e. The highest BCUT2D eigenvalue weighted by Gasteiger charge is 2.51. The number of fused-ring (bicyclic) bond motifs is 1. The van der Waals surface area contributed by atoms with Gasteiger partial charge in [-0.1, -0.05) is 32.0 Å². The fraction of sp³-hybridized carbons (Fsp3) is 0.417. The molecule has 2 aromatic carbocycles. The van der Waals surface area contributed by atoms with Crippen LogP contribution in [0.25, 0.3) is 0 Å². The van der Waals surface area contributed by atoms with Gasteiger partial charge in [-0.3, -0.25) is 14.5 Å². The first-order chi connectivity index (χ1) is 16.1. The standard InChI is InChI=1S/C24H29N3O6S/c1-17(2)11-12-25-23(29)24(3)15-26(34(30,31)19-7-5-4-6-8-19)14-22(28)27(24)18-9-10-20-21(13-18)33-16-32-20/h4-10,13,17H,11-12,14-16H2,1-3H3,(H,25,29)/t24-/m1/s1. The van der Waals surface area contributed by atoms with Crippen molar-refractivity contribution in [2.75, 3.05) is 31.3 Å². The van der Waals surface area contributed by atoms with Crippen LogP contribution in [0.1, 0.15) is 27.2 Å². The maximum Gasteiger partial charge on any atom is 0.247 e. The third-order valence-electron chi connectivity index (χ3n) is 6.03. The molecule has 0 radical (unpaired) electrons. The Kier molecular flexibility index (Phi) is 6.55. The van der Waals surface area contributed by atoms with Crippen LogP contribution in [0.3, 0.4) is 0 Å². The molecule has 2 heterocycles. The summed E-state index contributed by atoms with van der Waals surface area (Å²) in [4.78, 5) is 28.4. The number of carbonyl (C=O) groups excluding carboxylic acids is 2. The van der Waals surface area contributed by atoms with Gasteiger partial charge in [0, 0.05) is 24.8 Å². The highest BCUT2D eigenvalue weighted by atomic mass is 32.2. The molecule has 2 amide bonds. The number of hydrogen-bond donors (Lipinski definition) is 1. The molecule has 10 heteroatoms. The maximum absolute atomic E-state index is 13.5. The van der Waals surface area contributed by atoms with Crippen molar-refractivity contribution in [1.82, 2.24) is 9.62 Å². The molecule has 2 aromatic rings. The van der Waals surface area contributed by atoms with E-state index < -0.39 is 27.4 Å². The molecule has 4 rings (SSSR count). The van der Waals surface area contributed by atoms with Crippen LogP contribution in [0.5, 0.6) is 11.5 Å². The quantitative estimate of drug-likeness (QED) is 0.643. The molecule has 2 aliphatic heterocycles. The van der Waals surface area contributed by atoms with E-state index in [2.05, 4.69) is 5.32 Å². The smallest absolute Gasteiger partial charge is 0.247 e. The van der Waals surface area contributed by atoms with E-state index in [0.29, 0.717) is 29.6 Å². The van der Waals surface area contributed by atoms with Crippen LogP contribution in [-0.2, 0) is 19.6 Å². The van der Waals surface area contributed by atoms with Gasteiger partial charge >= 0.3 is 0 Å². The Bertz CT molecular complexity index is 1180. The first-order valence-electron chi connectivity index (χ1n) is 11.2. The molecule has 34 heavy (non-hydrogen) atoms. The number of piperazine rings is 1. The molecule has 0 saturated carbocycles. The lowest BCUT2D eigenvalue weighted by Crippen LogP contribution is -2.70. The van der Waals surface area contributed by atoms with Gasteiger partial charge in [0.1, 0.15) is 5.54 Å². The lowest BCUT2D eigenvalue weighted by atomic mass is 9.94. The van der Waals surface area contributed by atoms with Gasteiger partial charge in [-0.15, -0.1) is 0 Å². The zero-order chi connectivity index (χ0) is 24.5. The number of rotatable bonds is 7. The Balaban J connectivity index is 1.71. The van der Waals surface area contributed by atoms with Crippen LogP contribution in [0.2, 0.25) is 0 Å². The minimum Gasteiger partial charge on any atom is -0.454 e. The molecule has 1 N–H and O–H groups in total. The molecule has 0 unspecified atom stereocenters. The monoisotopic (exact) mass is 487 g/mol. The summed E-state index contributed by atoms with van der Waals surface area (Å²) in [6.07, 6.45) is 0.756. The van der Waals surface area contributed by atoms with Gasteiger partial charge in [0.05, 0.1) is 11.4 Å². The zero-order valence-corrected chi connectivity index (χ0v) is 20.3. The van der Waals surface area contributed by atoms with Crippen molar-refractivity contribution >= 4 is 27.5 Å². The van der Waals surface area contributed by atoms with Crippen LogP contribution in [-0.4, -0.2) is 56.5 Å². The van der Waals surface area contributed by atoms with Crippen LogP contribution in [0, 0.1) is 5.92 Å². The number of benzene rings is 2. The van der Waals surface area contributed by atoms with Gasteiger partial charge in [-0.05, 0) is 43.5 Å². The molecule has 1 fully saturated rings. The summed E-state index contributed by atoms with van der Waals surface area (Å²) in [5.41, 5.74) is -1.05. The van der Waals surface area contributed by atoms with E-state index in [4.69, 9.17) is 9.47 Å². The number of carbonyl (C=O) groups is 2. The number of hydrogen-bond acceptors (Lipinski definition) is 6. The molecule has 9 nitrogen and oxygen atoms in total. The van der Waals surface area contributed by atoms with Crippen molar-refractivity contribution in [3.05, 3.63) is 48.5 Å². The predicted octanol–water partition coefficient (Wildman–Crippen LogP) is 2.37. The summed E-state index contributed by atoms with van der Waals surface area (Å²) in [5, 5.41) is 2.90. The third-order valence-corrected chi connectivity index (χ3v) is 7.84. The molecular formula is C24H29N3O6S. The Morgan fingerprint density at radius 2 is 1.82 bits per heavy atom. The molecule has 1 saturated heterocycles. The minimum absolute atomic E-state index is 0.0712. The lowest BCUT2D eigenvalue weighted by Gasteiger charge is -2.46. The second-order valence-electron chi connectivity index (χ2n) is 9.07. The van der Waals surface area contributed by atoms with Gasteiger partial charge < -0.3 is 14.8 Å². The first-order valence-corrected chi connectivity index (χ1v) is 12.6. The number of nitrogens with zero attached hydrogens (tertiary/aromatic N) is 2. The van der Waals surface area contributed by atoms with E-state index in [-0.39, 0.29) is 24.8 Å². The lowest BCUT2D eigenvalue weighted by molar-refractivity contribution is -0.132. The van der Waals surface area contributed by atoms with Crippen LogP contribution < -0.4 is 19.7 Å². The van der Waals surface area contributed by atoms with Crippen LogP contribution >= 0.6 is 0 Å². The fourth-order valence-electron chi connectivity index (χ4n) is 4.17. The molecule has 2 aliphatic rings. The SMILES string of the molecule is CC(C)CCNC(=O)[C@@]1(C)CN(S(=O)(=O)c2ccccc2)CC(=O)N1c1ccc2c(c1)OCO2. The average Bonchev–Trinajstić information content (AvgIpc) is 3.27. The highest BCUT2D eigenvalue weighted by molar-refractivity contribution is 7.89. The number of ether oxygens (including phenoxy) is 2. The van der Waals surface area contributed by atoms with E-state index in [9.17, 15) is 18.0 Å². The van der Waals surface area contributed by atoms with Gasteiger partial charge in [-0.2, -0.15) is 4.31 Å². The summed E-state index contributed by atoms with van der Waals surface area (Å²) in [5.74, 6) is 0.455. The molecular weight excluding hydrogens is 458 g/mol. The van der Waals surface area contributed by atoms with Crippen molar-refractivity contribution in [3.63, 3.8) is 0 Å². The number of nitrogens with one attached hydrogen (secondary N) is 1. The zero-order valence-electron chi connectivity index (χ0n) is 19.5. The predicted molar refractivity (Wildman–Crippen MR) is 126 cm³/mol. The van der Waals surface area contributed by atoms with E-state index in [1.807, 2.05) is 13.8 Å². The molecule has 0 bridgehead atoms. The molecule has 1 atom stereocenters. The van der Waals surface area contributed by atoms with Crippen LogP contribution in [0.15, 0.2) is 53.4 Å². The van der Waals surface area contributed by atoms with Crippen molar-refractivity contribution in [1.29, 1.82) is 0 Å². The molecule has 0 aliphatic carbocycles. The third kappa shape index (κ3) is 4.47. The first kappa shape index (κ1) is 24.0. The van der Waals surface area contributed by atoms with E-state index in [1.54, 1.807) is 43.3 Å². The summed E-state index contributed by atoms with van der Waals surface area (Å²) < 4.78 is 38.6. The molecule has 182 valence electrons.